The molecule has 60 heavy (non-hydrogen) atoms. The van der Waals surface area contributed by atoms with Crippen LogP contribution in [0.2, 0.25) is 0 Å². The van der Waals surface area contributed by atoms with Crippen LogP contribution in [0, 0.1) is 0 Å². The van der Waals surface area contributed by atoms with Gasteiger partial charge in [0.15, 0.2) is 0 Å². The summed E-state index contributed by atoms with van der Waals surface area (Å²) in [6, 6.07) is 80.5. The molecule has 0 aliphatic carbocycles. The third-order valence-corrected chi connectivity index (χ3v) is 12.9. The number of hydrogen-bond acceptors (Lipinski definition) is 2. The number of anilines is 6. The van der Waals surface area contributed by atoms with E-state index in [1.165, 1.54) is 110 Å². The number of benzene rings is 11. The molecule has 0 atom stereocenters. The van der Waals surface area contributed by atoms with Crippen molar-refractivity contribution in [3.8, 4) is 44.5 Å². The van der Waals surface area contributed by atoms with Gasteiger partial charge in [0.2, 0.25) is 0 Å². The summed E-state index contributed by atoms with van der Waals surface area (Å²) in [6.07, 6.45) is 0. The monoisotopic (exact) mass is 760 g/mol. The molecule has 0 aromatic heterocycles. The summed E-state index contributed by atoms with van der Waals surface area (Å²) in [5.41, 5.74) is 17.2. The lowest BCUT2D eigenvalue weighted by atomic mass is 9.81. The number of rotatable bonds is 4. The predicted molar refractivity (Wildman–Crippen MR) is 255 cm³/mol. The summed E-state index contributed by atoms with van der Waals surface area (Å²) in [7, 11) is 0. The van der Waals surface area contributed by atoms with E-state index in [4.69, 9.17) is 0 Å². The lowest BCUT2D eigenvalue weighted by Gasteiger charge is -2.34. The number of para-hydroxylation sites is 4. The molecule has 278 valence electrons. The summed E-state index contributed by atoms with van der Waals surface area (Å²) in [4.78, 5) is 4.87. The Bertz CT molecular complexity index is 3310. The molecule has 2 heterocycles. The highest BCUT2D eigenvalue weighted by atomic mass is 15.2. The molecular formula is C58H36N2. The smallest absolute Gasteiger partial charge is 0.0546 e. The van der Waals surface area contributed by atoms with E-state index in [0.29, 0.717) is 0 Å². The molecule has 0 bridgehead atoms. The van der Waals surface area contributed by atoms with Gasteiger partial charge in [-0.15, -0.1) is 0 Å². The van der Waals surface area contributed by atoms with Gasteiger partial charge in [-0.1, -0.05) is 170 Å². The van der Waals surface area contributed by atoms with Gasteiger partial charge in [0.1, 0.15) is 0 Å². The highest BCUT2D eigenvalue weighted by Crippen LogP contribution is 2.56. The molecule has 0 spiro atoms. The van der Waals surface area contributed by atoms with Gasteiger partial charge in [0, 0.05) is 33.3 Å². The van der Waals surface area contributed by atoms with Gasteiger partial charge in [-0.2, -0.15) is 0 Å². The molecule has 13 rings (SSSR count). The standard InChI is InChI=1S/C58H36N2/c1-3-17-37(18-4-1)59-52-31-14-12-22-40(52)48-33-34-49(47-29-16-32-53(59)58(47)48)55-42-23-7-9-25-44(42)56(45-26-10-8-24-43(45)55)50-35-36-54-57-41(27-15-28-46(50)57)39-21-11-13-30-51(39)60(54)38-19-5-2-6-20-38/h1-36H. The van der Waals surface area contributed by atoms with Crippen molar-refractivity contribution in [2.75, 3.05) is 9.80 Å². The van der Waals surface area contributed by atoms with Crippen LogP contribution >= 0.6 is 0 Å². The summed E-state index contributed by atoms with van der Waals surface area (Å²) in [6.45, 7) is 0. The molecule has 0 N–H and O–H groups in total. The van der Waals surface area contributed by atoms with Crippen LogP contribution in [0.15, 0.2) is 218 Å². The van der Waals surface area contributed by atoms with Gasteiger partial charge in [0.25, 0.3) is 0 Å². The van der Waals surface area contributed by atoms with Crippen molar-refractivity contribution in [1.82, 2.24) is 0 Å². The topological polar surface area (TPSA) is 6.48 Å². The van der Waals surface area contributed by atoms with Gasteiger partial charge in [-0.25, -0.2) is 0 Å². The number of nitrogens with zero attached hydrogens (tertiary/aromatic N) is 2. The van der Waals surface area contributed by atoms with E-state index < -0.39 is 0 Å². The molecule has 2 heteroatoms. The fourth-order valence-electron chi connectivity index (χ4n) is 10.5. The molecule has 11 aromatic rings. The zero-order valence-corrected chi connectivity index (χ0v) is 32.7. The molecule has 0 saturated carbocycles. The van der Waals surface area contributed by atoms with E-state index in [2.05, 4.69) is 228 Å². The molecular weight excluding hydrogens is 725 g/mol. The highest BCUT2D eigenvalue weighted by molar-refractivity contribution is 6.28. The quantitative estimate of drug-likeness (QED) is 0.165. The van der Waals surface area contributed by atoms with Crippen molar-refractivity contribution >= 4 is 77.2 Å². The second-order valence-electron chi connectivity index (χ2n) is 15.9. The van der Waals surface area contributed by atoms with E-state index in [9.17, 15) is 0 Å². The summed E-state index contributed by atoms with van der Waals surface area (Å²) < 4.78 is 0. The average Bonchev–Trinajstić information content (AvgIpc) is 3.32. The van der Waals surface area contributed by atoms with Crippen molar-refractivity contribution in [1.29, 1.82) is 0 Å². The molecule has 0 unspecified atom stereocenters. The molecule has 2 aliphatic rings. The van der Waals surface area contributed by atoms with Crippen LogP contribution in [-0.4, -0.2) is 0 Å². The Balaban J connectivity index is 1.10. The first-order chi connectivity index (χ1) is 29.8. The second-order valence-corrected chi connectivity index (χ2v) is 15.9. The fraction of sp³-hybridized carbons (Fsp3) is 0. The van der Waals surface area contributed by atoms with E-state index in [1.807, 2.05) is 0 Å². The summed E-state index contributed by atoms with van der Waals surface area (Å²) in [5.74, 6) is 0. The Morgan fingerprint density at radius 1 is 0.200 bits per heavy atom. The lowest BCUT2D eigenvalue weighted by molar-refractivity contribution is 1.28. The Morgan fingerprint density at radius 3 is 1.05 bits per heavy atom. The molecule has 0 saturated heterocycles. The molecule has 0 amide bonds. The van der Waals surface area contributed by atoms with Crippen LogP contribution in [0.25, 0.3) is 87.6 Å². The van der Waals surface area contributed by atoms with E-state index in [0.717, 1.165) is 11.4 Å². The Morgan fingerprint density at radius 2 is 0.533 bits per heavy atom. The van der Waals surface area contributed by atoms with Crippen LogP contribution in [-0.2, 0) is 0 Å². The molecule has 2 nitrogen and oxygen atoms in total. The molecule has 11 aromatic carbocycles. The van der Waals surface area contributed by atoms with Gasteiger partial charge in [-0.3, -0.25) is 0 Å². The maximum Gasteiger partial charge on any atom is 0.0546 e. The Hall–Kier alpha value is -7.94. The van der Waals surface area contributed by atoms with Crippen LogP contribution < -0.4 is 9.80 Å². The third-order valence-electron chi connectivity index (χ3n) is 12.9. The Kier molecular flexibility index (Phi) is 7.05. The maximum atomic E-state index is 2.43. The zero-order chi connectivity index (χ0) is 39.3. The van der Waals surface area contributed by atoms with Crippen LogP contribution in [0.4, 0.5) is 34.1 Å². The average molecular weight is 761 g/mol. The lowest BCUT2D eigenvalue weighted by Crippen LogP contribution is -2.15. The summed E-state index contributed by atoms with van der Waals surface area (Å²) >= 11 is 0. The van der Waals surface area contributed by atoms with Gasteiger partial charge >= 0.3 is 0 Å². The van der Waals surface area contributed by atoms with Crippen LogP contribution in [0.3, 0.4) is 0 Å². The van der Waals surface area contributed by atoms with Crippen LogP contribution in [0.5, 0.6) is 0 Å². The SMILES string of the molecule is c1ccc(N2c3ccccc3-c3ccc(-c4c5ccccc5c(-c5ccc6c7c(cccc57)-c5ccccc5N6c5ccccc5)c5ccccc45)c4cccc2c34)cc1. The number of hydrogen-bond donors (Lipinski definition) is 0. The maximum absolute atomic E-state index is 2.43. The minimum absolute atomic E-state index is 1.16. The first-order valence-corrected chi connectivity index (χ1v) is 20.8. The van der Waals surface area contributed by atoms with Gasteiger partial charge in [-0.05, 0) is 114 Å². The van der Waals surface area contributed by atoms with Crippen molar-refractivity contribution in [2.45, 2.75) is 0 Å². The minimum atomic E-state index is 1.16. The van der Waals surface area contributed by atoms with Crippen molar-refractivity contribution in [2.24, 2.45) is 0 Å². The summed E-state index contributed by atoms with van der Waals surface area (Å²) in [5, 5.41) is 10.1. The highest BCUT2D eigenvalue weighted by Gasteiger charge is 2.30. The normalized spacial score (nSPS) is 12.6. The van der Waals surface area contributed by atoms with Crippen molar-refractivity contribution < 1.29 is 0 Å². The molecule has 0 fully saturated rings. The Labute approximate surface area is 348 Å². The van der Waals surface area contributed by atoms with Crippen molar-refractivity contribution in [3.63, 3.8) is 0 Å². The first kappa shape index (κ1) is 33.1. The minimum Gasteiger partial charge on any atom is -0.309 e. The van der Waals surface area contributed by atoms with Gasteiger partial charge in [0.05, 0.1) is 22.7 Å². The number of fused-ring (bicyclic) bond motifs is 6. The van der Waals surface area contributed by atoms with E-state index in [-0.39, 0.29) is 0 Å². The fourth-order valence-corrected chi connectivity index (χ4v) is 10.5. The second kappa shape index (κ2) is 12.8. The zero-order valence-electron chi connectivity index (χ0n) is 32.7. The van der Waals surface area contributed by atoms with E-state index >= 15 is 0 Å². The third kappa shape index (κ3) is 4.59. The van der Waals surface area contributed by atoms with E-state index in [1.54, 1.807) is 0 Å². The first-order valence-electron chi connectivity index (χ1n) is 20.8. The molecule has 0 radical (unpaired) electrons. The largest absolute Gasteiger partial charge is 0.309 e. The predicted octanol–water partition coefficient (Wildman–Crippen LogP) is 16.5. The molecule has 2 aliphatic heterocycles. The van der Waals surface area contributed by atoms with Crippen molar-refractivity contribution in [3.05, 3.63) is 218 Å². The van der Waals surface area contributed by atoms with Gasteiger partial charge < -0.3 is 9.80 Å². The van der Waals surface area contributed by atoms with Crippen LogP contribution in [0.1, 0.15) is 0 Å².